The SMILES string of the molecule is O=C(N[C@H](CO)c1ccccc1)c1cnc(-c2ccccc2)nc1. The van der Waals surface area contributed by atoms with Crippen molar-refractivity contribution in [3.8, 4) is 11.4 Å². The first kappa shape index (κ1) is 15.8. The van der Waals surface area contributed by atoms with Crippen LogP contribution in [0.2, 0.25) is 0 Å². The van der Waals surface area contributed by atoms with Gasteiger partial charge in [-0.1, -0.05) is 60.7 Å². The molecule has 1 amide bonds. The molecule has 0 aliphatic rings. The fourth-order valence-electron chi connectivity index (χ4n) is 2.34. The van der Waals surface area contributed by atoms with Gasteiger partial charge in [-0.05, 0) is 5.56 Å². The van der Waals surface area contributed by atoms with Gasteiger partial charge in [0.05, 0.1) is 18.2 Å². The molecule has 0 bridgehead atoms. The van der Waals surface area contributed by atoms with Crippen LogP contribution in [0.4, 0.5) is 0 Å². The Kier molecular flexibility index (Phi) is 4.93. The molecule has 1 atom stereocenters. The van der Waals surface area contributed by atoms with Crippen molar-refractivity contribution in [1.29, 1.82) is 0 Å². The number of aliphatic hydroxyl groups is 1. The standard InChI is InChI=1S/C19H17N3O2/c23-13-17(14-7-3-1-4-8-14)22-19(24)16-11-20-18(21-12-16)15-9-5-2-6-10-15/h1-12,17,23H,13H2,(H,22,24)/t17-/m1/s1. The number of rotatable bonds is 5. The number of nitrogens with one attached hydrogen (secondary N) is 1. The van der Waals surface area contributed by atoms with Gasteiger partial charge in [-0.3, -0.25) is 4.79 Å². The molecule has 2 N–H and O–H groups in total. The minimum atomic E-state index is -0.465. The lowest BCUT2D eigenvalue weighted by atomic mass is 10.1. The van der Waals surface area contributed by atoms with Gasteiger partial charge in [0.15, 0.2) is 5.82 Å². The predicted molar refractivity (Wildman–Crippen MR) is 91.2 cm³/mol. The Morgan fingerprint density at radius 2 is 1.54 bits per heavy atom. The summed E-state index contributed by atoms with van der Waals surface area (Å²) in [6.45, 7) is -0.182. The van der Waals surface area contributed by atoms with E-state index in [2.05, 4.69) is 15.3 Å². The largest absolute Gasteiger partial charge is 0.394 e. The van der Waals surface area contributed by atoms with Gasteiger partial charge in [0.25, 0.3) is 5.91 Å². The predicted octanol–water partition coefficient (Wildman–Crippen LogP) is 2.61. The van der Waals surface area contributed by atoms with E-state index in [0.29, 0.717) is 11.4 Å². The third-order valence-electron chi connectivity index (χ3n) is 3.64. The van der Waals surface area contributed by atoms with Crippen LogP contribution >= 0.6 is 0 Å². The van der Waals surface area contributed by atoms with Gasteiger partial charge in [0, 0.05) is 18.0 Å². The first-order valence-electron chi connectivity index (χ1n) is 7.62. The number of carbonyl (C=O) groups excluding carboxylic acids is 1. The Bertz CT molecular complexity index is 790. The zero-order valence-corrected chi connectivity index (χ0v) is 13.0. The van der Waals surface area contributed by atoms with Crippen LogP contribution in [0.1, 0.15) is 22.0 Å². The van der Waals surface area contributed by atoms with E-state index in [1.807, 2.05) is 60.7 Å². The summed E-state index contributed by atoms with van der Waals surface area (Å²) in [4.78, 5) is 20.8. The molecule has 1 aromatic heterocycles. The van der Waals surface area contributed by atoms with Crippen LogP contribution in [-0.2, 0) is 0 Å². The minimum Gasteiger partial charge on any atom is -0.394 e. The van der Waals surface area contributed by atoms with Crippen molar-refractivity contribution in [2.24, 2.45) is 0 Å². The molecule has 0 spiro atoms. The lowest BCUT2D eigenvalue weighted by Gasteiger charge is -2.16. The van der Waals surface area contributed by atoms with E-state index in [1.54, 1.807) is 0 Å². The quantitative estimate of drug-likeness (QED) is 0.758. The smallest absolute Gasteiger partial charge is 0.254 e. The fourth-order valence-corrected chi connectivity index (χ4v) is 2.34. The lowest BCUT2D eigenvalue weighted by Crippen LogP contribution is -2.30. The molecule has 1 heterocycles. The van der Waals surface area contributed by atoms with Crippen molar-refractivity contribution >= 4 is 5.91 Å². The lowest BCUT2D eigenvalue weighted by molar-refractivity contribution is 0.0915. The summed E-state index contributed by atoms with van der Waals surface area (Å²) in [6, 6.07) is 18.4. The van der Waals surface area contributed by atoms with Crippen LogP contribution in [0.25, 0.3) is 11.4 Å². The van der Waals surface area contributed by atoms with E-state index in [-0.39, 0.29) is 12.5 Å². The van der Waals surface area contributed by atoms with E-state index in [4.69, 9.17) is 0 Å². The van der Waals surface area contributed by atoms with Crippen LogP contribution in [0, 0.1) is 0 Å². The van der Waals surface area contributed by atoms with Crippen molar-refractivity contribution in [3.05, 3.63) is 84.2 Å². The van der Waals surface area contributed by atoms with Crippen LogP contribution in [0.15, 0.2) is 73.1 Å². The van der Waals surface area contributed by atoms with Gasteiger partial charge in [0.2, 0.25) is 0 Å². The molecular weight excluding hydrogens is 302 g/mol. The van der Waals surface area contributed by atoms with Crippen LogP contribution in [0.3, 0.4) is 0 Å². The summed E-state index contributed by atoms with van der Waals surface area (Å²) in [7, 11) is 0. The number of carbonyl (C=O) groups is 1. The summed E-state index contributed by atoms with van der Waals surface area (Å²) in [5.74, 6) is 0.242. The molecule has 3 rings (SSSR count). The maximum Gasteiger partial charge on any atom is 0.254 e. The fraction of sp³-hybridized carbons (Fsp3) is 0.105. The molecule has 3 aromatic rings. The topological polar surface area (TPSA) is 75.1 Å². The highest BCUT2D eigenvalue weighted by Gasteiger charge is 2.15. The zero-order valence-electron chi connectivity index (χ0n) is 13.0. The van der Waals surface area contributed by atoms with E-state index in [0.717, 1.165) is 11.1 Å². The summed E-state index contributed by atoms with van der Waals surface area (Å²) in [5, 5.41) is 12.3. The third kappa shape index (κ3) is 3.64. The molecule has 120 valence electrons. The Balaban J connectivity index is 1.73. The molecule has 0 saturated heterocycles. The minimum absolute atomic E-state index is 0.182. The first-order chi connectivity index (χ1) is 11.8. The van der Waals surface area contributed by atoms with Gasteiger partial charge in [-0.15, -0.1) is 0 Å². The average molecular weight is 319 g/mol. The molecular formula is C19H17N3O2. The Morgan fingerprint density at radius 1 is 0.958 bits per heavy atom. The molecule has 2 aromatic carbocycles. The van der Waals surface area contributed by atoms with Crippen LogP contribution in [-0.4, -0.2) is 27.6 Å². The van der Waals surface area contributed by atoms with Crippen molar-refractivity contribution in [3.63, 3.8) is 0 Å². The third-order valence-corrected chi connectivity index (χ3v) is 3.64. The van der Waals surface area contributed by atoms with Crippen LogP contribution in [0.5, 0.6) is 0 Å². The number of hydrogen-bond acceptors (Lipinski definition) is 4. The second kappa shape index (κ2) is 7.48. The maximum atomic E-state index is 12.3. The van der Waals surface area contributed by atoms with E-state index in [9.17, 15) is 9.90 Å². The maximum absolute atomic E-state index is 12.3. The Morgan fingerprint density at radius 3 is 2.12 bits per heavy atom. The normalized spacial score (nSPS) is 11.7. The van der Waals surface area contributed by atoms with Gasteiger partial charge >= 0.3 is 0 Å². The average Bonchev–Trinajstić information content (AvgIpc) is 2.67. The first-order valence-corrected chi connectivity index (χ1v) is 7.62. The van der Waals surface area contributed by atoms with Gasteiger partial charge < -0.3 is 10.4 Å². The number of benzene rings is 2. The second-order valence-corrected chi connectivity index (χ2v) is 5.28. The molecule has 0 aliphatic heterocycles. The Labute approximate surface area is 140 Å². The van der Waals surface area contributed by atoms with E-state index in [1.165, 1.54) is 12.4 Å². The number of aromatic nitrogens is 2. The molecule has 0 fully saturated rings. The summed E-state index contributed by atoms with van der Waals surface area (Å²) >= 11 is 0. The van der Waals surface area contributed by atoms with Crippen molar-refractivity contribution < 1.29 is 9.90 Å². The summed E-state index contributed by atoms with van der Waals surface area (Å²) in [5.41, 5.74) is 2.08. The number of amides is 1. The number of aliphatic hydroxyl groups excluding tert-OH is 1. The molecule has 5 heteroatoms. The van der Waals surface area contributed by atoms with Gasteiger partial charge in [-0.25, -0.2) is 9.97 Å². The summed E-state index contributed by atoms with van der Waals surface area (Å²) in [6.07, 6.45) is 2.98. The number of nitrogens with zero attached hydrogens (tertiary/aromatic N) is 2. The molecule has 0 unspecified atom stereocenters. The second-order valence-electron chi connectivity index (χ2n) is 5.28. The van der Waals surface area contributed by atoms with E-state index >= 15 is 0 Å². The summed E-state index contributed by atoms with van der Waals surface area (Å²) < 4.78 is 0. The number of hydrogen-bond donors (Lipinski definition) is 2. The van der Waals surface area contributed by atoms with Gasteiger partial charge in [-0.2, -0.15) is 0 Å². The van der Waals surface area contributed by atoms with Crippen LogP contribution < -0.4 is 5.32 Å². The molecule has 0 radical (unpaired) electrons. The van der Waals surface area contributed by atoms with E-state index < -0.39 is 6.04 Å². The molecule has 0 aliphatic carbocycles. The molecule has 24 heavy (non-hydrogen) atoms. The zero-order chi connectivity index (χ0) is 16.8. The Hall–Kier alpha value is -3.05. The highest BCUT2D eigenvalue weighted by Crippen LogP contribution is 2.15. The molecule has 5 nitrogen and oxygen atoms in total. The highest BCUT2D eigenvalue weighted by molar-refractivity contribution is 5.94. The highest BCUT2D eigenvalue weighted by atomic mass is 16.3. The molecule has 0 saturated carbocycles. The monoisotopic (exact) mass is 319 g/mol. The van der Waals surface area contributed by atoms with Gasteiger partial charge in [0.1, 0.15) is 0 Å². The van der Waals surface area contributed by atoms with Crippen molar-refractivity contribution in [1.82, 2.24) is 15.3 Å². The van der Waals surface area contributed by atoms with Crippen molar-refractivity contribution in [2.45, 2.75) is 6.04 Å². The van der Waals surface area contributed by atoms with Crippen molar-refractivity contribution in [2.75, 3.05) is 6.61 Å².